The number of nitro groups is 1. The molecule has 1 unspecified atom stereocenters. The summed E-state index contributed by atoms with van der Waals surface area (Å²) in [4.78, 5) is 18.0. The predicted molar refractivity (Wildman–Crippen MR) is 84.1 cm³/mol. The van der Waals surface area contributed by atoms with Gasteiger partial charge in [-0.05, 0) is 19.1 Å². The Morgan fingerprint density at radius 2 is 1.70 bits per heavy atom. The number of hydrogen-bond acceptors (Lipinski definition) is 7. The van der Waals surface area contributed by atoms with E-state index in [0.717, 1.165) is 0 Å². The maximum atomic E-state index is 13.6. The molecule has 170 valence electrons. The monoisotopic (exact) mass is 489 g/mol. The van der Waals surface area contributed by atoms with Crippen LogP contribution in [0.25, 0.3) is 0 Å². The summed E-state index contributed by atoms with van der Waals surface area (Å²) in [5.41, 5.74) is -1.57. The molecule has 1 atom stereocenters. The second kappa shape index (κ2) is 8.44. The van der Waals surface area contributed by atoms with Crippen LogP contribution in [-0.4, -0.2) is 53.2 Å². The van der Waals surface area contributed by atoms with Crippen molar-refractivity contribution in [1.29, 1.82) is 0 Å². The van der Waals surface area contributed by atoms with Gasteiger partial charge in [0, 0.05) is 6.07 Å². The summed E-state index contributed by atoms with van der Waals surface area (Å²) in [5.74, 6) is -9.53. The van der Waals surface area contributed by atoms with E-state index in [9.17, 15) is 58.3 Å². The molecule has 0 spiro atoms. The highest BCUT2D eigenvalue weighted by molar-refractivity contribution is 7.92. The van der Waals surface area contributed by atoms with Crippen LogP contribution in [-0.2, 0) is 30.2 Å². The minimum atomic E-state index is -6.80. The zero-order valence-electron chi connectivity index (χ0n) is 14.4. The highest BCUT2D eigenvalue weighted by Crippen LogP contribution is 2.49. The highest BCUT2D eigenvalue weighted by atomic mass is 32.2. The normalized spacial score (nSPS) is 14.3. The van der Waals surface area contributed by atoms with Gasteiger partial charge in [0.25, 0.3) is 5.69 Å². The van der Waals surface area contributed by atoms with Crippen LogP contribution in [0, 0.1) is 10.1 Å². The number of rotatable bonds is 8. The van der Waals surface area contributed by atoms with E-state index in [2.05, 4.69) is 4.74 Å². The fourth-order valence-electron chi connectivity index (χ4n) is 1.88. The van der Waals surface area contributed by atoms with Crippen LogP contribution < -0.4 is 0 Å². The van der Waals surface area contributed by atoms with Crippen LogP contribution in [0.4, 0.5) is 36.4 Å². The summed E-state index contributed by atoms with van der Waals surface area (Å²) in [6.45, 7) is 1.06. The van der Waals surface area contributed by atoms with Gasteiger partial charge >= 0.3 is 23.3 Å². The van der Waals surface area contributed by atoms with Crippen molar-refractivity contribution in [2.24, 2.45) is 0 Å². The third kappa shape index (κ3) is 4.88. The molecule has 30 heavy (non-hydrogen) atoms. The molecule has 1 aromatic rings. The number of sulfone groups is 1. The molecule has 0 heterocycles. The number of carbonyl (C=O) groups is 1. The molecule has 8 nitrogen and oxygen atoms in total. The number of carbonyl (C=O) groups excluding carboxylic acids is 1. The van der Waals surface area contributed by atoms with Gasteiger partial charge in [0.2, 0.25) is 0 Å². The number of nitrogens with zero attached hydrogens (tertiary/aromatic N) is 1. The van der Waals surface area contributed by atoms with E-state index in [0.29, 0.717) is 0 Å². The van der Waals surface area contributed by atoms with Crippen molar-refractivity contribution in [3.8, 4) is 0 Å². The summed E-state index contributed by atoms with van der Waals surface area (Å²) in [6.07, 6.45) is -6.80. The van der Waals surface area contributed by atoms with Crippen LogP contribution in [0.3, 0.4) is 0 Å². The summed E-state index contributed by atoms with van der Waals surface area (Å²) in [7, 11) is -9.30. The van der Waals surface area contributed by atoms with Crippen LogP contribution in [0.15, 0.2) is 28.0 Å². The Morgan fingerprint density at radius 1 is 1.17 bits per heavy atom. The summed E-state index contributed by atoms with van der Waals surface area (Å²) in [6, 6.07) is 0.151. The minimum Gasteiger partial charge on any atom is -0.465 e. The first kappa shape index (κ1) is 25.7. The number of halogens is 7. The second-order valence-corrected chi connectivity index (χ2v) is 8.79. The Balaban J connectivity index is 3.51. The van der Waals surface area contributed by atoms with Gasteiger partial charge in [0.1, 0.15) is 15.7 Å². The van der Waals surface area contributed by atoms with Crippen molar-refractivity contribution >= 4 is 32.3 Å². The summed E-state index contributed by atoms with van der Waals surface area (Å²) < 4.78 is 130. The molecule has 0 fully saturated rings. The zero-order valence-corrected chi connectivity index (χ0v) is 16.0. The topological polar surface area (TPSA) is 121 Å². The Hall–Kier alpha value is -2.30. The molecule has 0 aliphatic heterocycles. The molecule has 0 aliphatic carbocycles. The second-order valence-electron chi connectivity index (χ2n) is 5.31. The first-order valence-electron chi connectivity index (χ1n) is 7.31. The highest BCUT2D eigenvalue weighted by Gasteiger charge is 2.76. The van der Waals surface area contributed by atoms with E-state index >= 15 is 0 Å². The van der Waals surface area contributed by atoms with Gasteiger partial charge < -0.3 is 4.74 Å². The van der Waals surface area contributed by atoms with Crippen LogP contribution in [0.2, 0.25) is 0 Å². The van der Waals surface area contributed by atoms with Gasteiger partial charge in [-0.25, -0.2) is 12.6 Å². The lowest BCUT2D eigenvalue weighted by atomic mass is 10.3. The zero-order chi connectivity index (χ0) is 23.7. The fourth-order valence-corrected chi connectivity index (χ4v) is 4.21. The van der Waals surface area contributed by atoms with Crippen molar-refractivity contribution in [2.45, 2.75) is 34.1 Å². The van der Waals surface area contributed by atoms with Crippen molar-refractivity contribution in [1.82, 2.24) is 0 Å². The van der Waals surface area contributed by atoms with Crippen LogP contribution >= 0.6 is 0 Å². The van der Waals surface area contributed by atoms with Gasteiger partial charge in [-0.3, -0.25) is 14.9 Å². The Morgan fingerprint density at radius 3 is 2.13 bits per heavy atom. The molecule has 1 aromatic carbocycles. The van der Waals surface area contributed by atoms with E-state index in [4.69, 9.17) is 0 Å². The first-order valence-corrected chi connectivity index (χ1v) is 10.1. The number of ether oxygens (including phenoxy) is 1. The predicted octanol–water partition coefficient (Wildman–Crippen LogP) is 2.83. The fraction of sp³-hybridized carbons (Fsp3) is 0.462. The lowest BCUT2D eigenvalue weighted by Gasteiger charge is -2.27. The van der Waals surface area contributed by atoms with E-state index in [1.807, 2.05) is 0 Å². The molecule has 0 aliphatic rings. The molecule has 0 amide bonds. The molecular formula is C13H10F7NO7S2. The van der Waals surface area contributed by atoms with Crippen molar-refractivity contribution in [2.75, 3.05) is 12.4 Å². The van der Waals surface area contributed by atoms with E-state index < -0.39 is 70.1 Å². The average molecular weight is 489 g/mol. The maximum Gasteiger partial charge on any atom is 0.461 e. The molecule has 0 saturated heterocycles. The Kier molecular flexibility index (Phi) is 7.24. The molecule has 17 heteroatoms. The Bertz CT molecular complexity index is 977. The van der Waals surface area contributed by atoms with E-state index in [-0.39, 0.29) is 24.8 Å². The van der Waals surface area contributed by atoms with Gasteiger partial charge in [-0.2, -0.15) is 30.7 Å². The maximum absolute atomic E-state index is 13.6. The Labute approximate surface area is 165 Å². The first-order chi connectivity index (χ1) is 13.4. The van der Waals surface area contributed by atoms with E-state index in [1.165, 1.54) is 6.92 Å². The molecule has 0 N–H and O–H groups in total. The van der Waals surface area contributed by atoms with Gasteiger partial charge in [-0.1, -0.05) is 0 Å². The molecular weight excluding hydrogens is 479 g/mol. The largest absolute Gasteiger partial charge is 0.465 e. The van der Waals surface area contributed by atoms with Gasteiger partial charge in [-0.15, -0.1) is 0 Å². The van der Waals surface area contributed by atoms with E-state index in [1.54, 1.807) is 0 Å². The molecule has 0 aromatic heterocycles. The lowest BCUT2D eigenvalue weighted by molar-refractivity contribution is -0.388. The SMILES string of the molecule is CCOC(=O)CS(=O)(=O)c1ccc(S(=O)C(F)(F)C(F)(F)C(F)(F)F)cc1[N+](=O)[O-]. The van der Waals surface area contributed by atoms with Crippen molar-refractivity contribution in [3.63, 3.8) is 0 Å². The summed E-state index contributed by atoms with van der Waals surface area (Å²) >= 11 is 0. The van der Waals surface area contributed by atoms with Crippen molar-refractivity contribution in [3.05, 3.63) is 28.3 Å². The van der Waals surface area contributed by atoms with Crippen LogP contribution in [0.1, 0.15) is 6.92 Å². The third-order valence-electron chi connectivity index (χ3n) is 3.24. The lowest BCUT2D eigenvalue weighted by Crippen LogP contribution is -2.54. The van der Waals surface area contributed by atoms with Crippen molar-refractivity contribution < 1.29 is 57.8 Å². The molecule has 0 saturated carbocycles. The number of hydrogen-bond donors (Lipinski definition) is 0. The summed E-state index contributed by atoms with van der Waals surface area (Å²) in [5, 5.41) is 4.83. The minimum absolute atomic E-state index is 0.127. The number of nitro benzene ring substituents is 1. The quantitative estimate of drug-likeness (QED) is 0.238. The number of alkyl halides is 7. The average Bonchev–Trinajstić information content (AvgIpc) is 2.58. The number of esters is 1. The third-order valence-corrected chi connectivity index (χ3v) is 6.28. The smallest absolute Gasteiger partial charge is 0.461 e. The molecule has 0 bridgehead atoms. The van der Waals surface area contributed by atoms with Gasteiger partial charge in [0.15, 0.2) is 15.6 Å². The molecule has 1 rings (SSSR count). The molecule has 0 radical (unpaired) electrons. The van der Waals surface area contributed by atoms with Crippen LogP contribution in [0.5, 0.6) is 0 Å². The standard InChI is InChI=1S/C13H10F7NO7S2/c1-2-28-10(22)6-30(26,27)9-4-3-7(5-8(9)21(23)24)29(25)13(19,20)11(14,15)12(16,17)18/h3-5H,2,6H2,1H3. The van der Waals surface area contributed by atoms with Gasteiger partial charge in [0.05, 0.1) is 16.4 Å². The number of benzene rings is 1.